The Hall–Kier alpha value is -2.37. The molecule has 1 saturated heterocycles. The average Bonchev–Trinajstić information content (AvgIpc) is 3.11. The van der Waals surface area contributed by atoms with Crippen LogP contribution in [0.1, 0.15) is 15.9 Å². The number of fused-ring (bicyclic) bond motifs is 1. The van der Waals surface area contributed by atoms with E-state index in [0.29, 0.717) is 11.3 Å². The maximum absolute atomic E-state index is 12.8. The van der Waals surface area contributed by atoms with Crippen molar-refractivity contribution >= 4 is 27.3 Å². The molecule has 0 aliphatic carbocycles. The molecular weight excluding hydrogens is 344 g/mol. The van der Waals surface area contributed by atoms with Gasteiger partial charge in [-0.05, 0) is 34.5 Å². The first-order valence-electron chi connectivity index (χ1n) is 8.86. The lowest BCUT2D eigenvalue weighted by Gasteiger charge is -2.35. The predicted molar refractivity (Wildman–Crippen MR) is 106 cm³/mol. The first-order chi connectivity index (χ1) is 12.8. The van der Waals surface area contributed by atoms with Crippen molar-refractivity contribution in [2.24, 2.45) is 0 Å². The van der Waals surface area contributed by atoms with Crippen LogP contribution < -0.4 is 4.74 Å². The molecule has 0 unspecified atom stereocenters. The highest BCUT2D eigenvalue weighted by Gasteiger charge is 2.24. The number of benzene rings is 2. The number of amides is 1. The van der Waals surface area contributed by atoms with Crippen molar-refractivity contribution in [3.8, 4) is 5.75 Å². The van der Waals surface area contributed by atoms with Gasteiger partial charge in [0.1, 0.15) is 5.75 Å². The number of piperazine rings is 1. The fourth-order valence-electron chi connectivity index (χ4n) is 3.50. The Balaban J connectivity index is 1.40. The highest BCUT2D eigenvalue weighted by atomic mass is 32.1. The molecular formula is C21H22N2O2S. The monoisotopic (exact) mass is 366 g/mol. The van der Waals surface area contributed by atoms with Gasteiger partial charge >= 0.3 is 0 Å². The van der Waals surface area contributed by atoms with E-state index in [1.54, 1.807) is 18.4 Å². The molecule has 4 nitrogen and oxygen atoms in total. The second-order valence-corrected chi connectivity index (χ2v) is 7.44. The minimum Gasteiger partial charge on any atom is -0.496 e. The summed E-state index contributed by atoms with van der Waals surface area (Å²) < 4.78 is 6.67. The Morgan fingerprint density at radius 2 is 1.77 bits per heavy atom. The van der Waals surface area contributed by atoms with Gasteiger partial charge in [-0.25, -0.2) is 0 Å². The molecule has 2 aromatic carbocycles. The van der Waals surface area contributed by atoms with Crippen LogP contribution in [0.5, 0.6) is 5.75 Å². The van der Waals surface area contributed by atoms with E-state index >= 15 is 0 Å². The predicted octanol–water partition coefficient (Wildman–Crippen LogP) is 3.87. The molecule has 5 heteroatoms. The summed E-state index contributed by atoms with van der Waals surface area (Å²) in [5.74, 6) is 0.702. The number of nitrogens with zero attached hydrogens (tertiary/aromatic N) is 2. The zero-order chi connectivity index (χ0) is 17.9. The molecule has 4 rings (SSSR count). The molecule has 2 heterocycles. The van der Waals surface area contributed by atoms with Crippen LogP contribution in [-0.2, 0) is 6.54 Å². The summed E-state index contributed by atoms with van der Waals surface area (Å²) >= 11 is 1.80. The van der Waals surface area contributed by atoms with Crippen LogP contribution in [0, 0.1) is 0 Å². The quantitative estimate of drug-likeness (QED) is 0.703. The molecule has 26 heavy (non-hydrogen) atoms. The minimum absolute atomic E-state index is 0.0584. The average molecular weight is 366 g/mol. The lowest BCUT2D eigenvalue weighted by atomic mass is 10.1. The maximum atomic E-state index is 12.8. The molecule has 0 bridgehead atoms. The Morgan fingerprint density at radius 1 is 1.04 bits per heavy atom. The molecule has 3 aromatic rings. The SMILES string of the molecule is COc1ccccc1C(=O)N1CCN(Cc2csc3ccccc23)CC1. The molecule has 0 atom stereocenters. The molecule has 1 amide bonds. The van der Waals surface area contributed by atoms with E-state index in [1.807, 2.05) is 29.2 Å². The van der Waals surface area contributed by atoms with E-state index in [1.165, 1.54) is 15.6 Å². The second kappa shape index (κ2) is 7.48. The Kier molecular flexibility index (Phi) is 4.91. The van der Waals surface area contributed by atoms with Gasteiger partial charge in [0.15, 0.2) is 0 Å². The fraction of sp³-hybridized carbons (Fsp3) is 0.286. The minimum atomic E-state index is 0.0584. The largest absolute Gasteiger partial charge is 0.496 e. The molecule has 1 aliphatic heterocycles. The van der Waals surface area contributed by atoms with E-state index < -0.39 is 0 Å². The number of hydrogen-bond acceptors (Lipinski definition) is 4. The highest BCUT2D eigenvalue weighted by molar-refractivity contribution is 7.17. The fourth-order valence-corrected chi connectivity index (χ4v) is 4.45. The summed E-state index contributed by atoms with van der Waals surface area (Å²) in [5, 5.41) is 3.61. The number of hydrogen-bond donors (Lipinski definition) is 0. The van der Waals surface area contributed by atoms with Crippen LogP contribution in [-0.4, -0.2) is 49.0 Å². The number of methoxy groups -OCH3 is 1. The number of para-hydroxylation sites is 1. The third-order valence-electron chi connectivity index (χ3n) is 4.95. The Morgan fingerprint density at radius 3 is 2.58 bits per heavy atom. The summed E-state index contributed by atoms with van der Waals surface area (Å²) in [6.07, 6.45) is 0. The van der Waals surface area contributed by atoms with E-state index in [4.69, 9.17) is 4.74 Å². The van der Waals surface area contributed by atoms with Crippen LogP contribution in [0.15, 0.2) is 53.9 Å². The van der Waals surface area contributed by atoms with Gasteiger partial charge in [0.25, 0.3) is 5.91 Å². The van der Waals surface area contributed by atoms with Crippen molar-refractivity contribution in [3.63, 3.8) is 0 Å². The summed E-state index contributed by atoms with van der Waals surface area (Å²) in [6, 6.07) is 16.0. The van der Waals surface area contributed by atoms with Gasteiger partial charge in [-0.2, -0.15) is 0 Å². The van der Waals surface area contributed by atoms with E-state index in [-0.39, 0.29) is 5.91 Å². The number of carbonyl (C=O) groups excluding carboxylic acids is 1. The third-order valence-corrected chi connectivity index (χ3v) is 5.96. The molecule has 0 spiro atoms. The zero-order valence-electron chi connectivity index (χ0n) is 14.9. The van der Waals surface area contributed by atoms with Crippen LogP contribution in [0.25, 0.3) is 10.1 Å². The summed E-state index contributed by atoms with van der Waals surface area (Å²) in [6.45, 7) is 4.23. The molecule has 0 radical (unpaired) electrons. The number of ether oxygens (including phenoxy) is 1. The van der Waals surface area contributed by atoms with Gasteiger partial charge in [-0.1, -0.05) is 30.3 Å². The highest BCUT2D eigenvalue weighted by Crippen LogP contribution is 2.27. The summed E-state index contributed by atoms with van der Waals surface area (Å²) in [7, 11) is 1.61. The number of carbonyl (C=O) groups is 1. The van der Waals surface area contributed by atoms with Gasteiger partial charge in [-0.15, -0.1) is 11.3 Å². The van der Waals surface area contributed by atoms with Gasteiger partial charge in [0.2, 0.25) is 0 Å². The smallest absolute Gasteiger partial charge is 0.257 e. The van der Waals surface area contributed by atoms with Crippen LogP contribution in [0.3, 0.4) is 0 Å². The molecule has 1 fully saturated rings. The lowest BCUT2D eigenvalue weighted by molar-refractivity contribution is 0.0626. The zero-order valence-corrected chi connectivity index (χ0v) is 15.7. The first-order valence-corrected chi connectivity index (χ1v) is 9.74. The van der Waals surface area contributed by atoms with Crippen molar-refractivity contribution in [2.45, 2.75) is 6.54 Å². The molecule has 1 aliphatic rings. The van der Waals surface area contributed by atoms with Crippen molar-refractivity contribution < 1.29 is 9.53 Å². The summed E-state index contributed by atoms with van der Waals surface area (Å²) in [4.78, 5) is 17.2. The van der Waals surface area contributed by atoms with Gasteiger partial charge < -0.3 is 9.64 Å². The van der Waals surface area contributed by atoms with Crippen molar-refractivity contribution in [1.29, 1.82) is 0 Å². The molecule has 0 N–H and O–H groups in total. The van der Waals surface area contributed by atoms with Gasteiger partial charge in [0.05, 0.1) is 12.7 Å². The van der Waals surface area contributed by atoms with Crippen molar-refractivity contribution in [1.82, 2.24) is 9.80 Å². The molecule has 1 aromatic heterocycles. The lowest BCUT2D eigenvalue weighted by Crippen LogP contribution is -2.48. The second-order valence-electron chi connectivity index (χ2n) is 6.53. The maximum Gasteiger partial charge on any atom is 0.257 e. The van der Waals surface area contributed by atoms with Crippen LogP contribution >= 0.6 is 11.3 Å². The number of thiophene rings is 1. The van der Waals surface area contributed by atoms with Gasteiger partial charge in [-0.3, -0.25) is 9.69 Å². The first kappa shape index (κ1) is 17.1. The summed E-state index contributed by atoms with van der Waals surface area (Å²) in [5.41, 5.74) is 2.03. The third kappa shape index (κ3) is 3.32. The topological polar surface area (TPSA) is 32.8 Å². The number of rotatable bonds is 4. The normalized spacial score (nSPS) is 15.3. The van der Waals surface area contributed by atoms with Crippen molar-refractivity contribution in [2.75, 3.05) is 33.3 Å². The van der Waals surface area contributed by atoms with E-state index in [2.05, 4.69) is 34.5 Å². The Labute approximate surface area is 157 Å². The van der Waals surface area contributed by atoms with Crippen molar-refractivity contribution in [3.05, 3.63) is 65.0 Å². The standard InChI is InChI=1S/C21H22N2O2S/c1-25-19-8-4-2-7-18(19)21(24)23-12-10-22(11-13-23)14-16-15-26-20-9-5-3-6-17(16)20/h2-9,15H,10-14H2,1H3. The van der Waals surface area contributed by atoms with Gasteiger partial charge in [0, 0.05) is 37.4 Å². The van der Waals surface area contributed by atoms with Crippen LogP contribution in [0.4, 0.5) is 0 Å². The van der Waals surface area contributed by atoms with E-state index in [9.17, 15) is 4.79 Å². The Bertz CT molecular complexity index is 913. The molecule has 134 valence electrons. The van der Waals surface area contributed by atoms with E-state index in [0.717, 1.165) is 32.7 Å². The van der Waals surface area contributed by atoms with Crippen LogP contribution in [0.2, 0.25) is 0 Å². The molecule has 0 saturated carbocycles.